The zero-order valence-electron chi connectivity index (χ0n) is 18.7. The first-order valence-electron chi connectivity index (χ1n) is 10.8. The summed E-state index contributed by atoms with van der Waals surface area (Å²) in [5.74, 6) is -0.669. The Bertz CT molecular complexity index is 927. The van der Waals surface area contributed by atoms with E-state index in [2.05, 4.69) is 5.32 Å². The van der Waals surface area contributed by atoms with Crippen molar-refractivity contribution in [1.29, 1.82) is 0 Å². The van der Waals surface area contributed by atoms with Gasteiger partial charge in [0, 0.05) is 24.9 Å². The highest BCUT2D eigenvalue weighted by molar-refractivity contribution is 5.88. The number of carbonyl (C=O) groups is 2. The third kappa shape index (κ3) is 5.31. The number of nitrogens with zero attached hydrogens (tertiary/aromatic N) is 1. The molecule has 1 heterocycles. The number of carbonyl (C=O) groups excluding carboxylic acids is 2. The molecule has 0 bridgehead atoms. The van der Waals surface area contributed by atoms with Gasteiger partial charge in [-0.2, -0.15) is 0 Å². The van der Waals surface area contributed by atoms with E-state index in [1.54, 1.807) is 17.0 Å². The standard InChI is InChI=1S/C25H31FN2O3/c1-17(2)23(29)28-13-14-31-25(16-28,24(30)27-18(3)4)15-20-7-5-6-8-22(20)19-9-11-21(26)12-10-19/h5-12,17-18H,13-16H2,1-4H3,(H,27,30). The molecule has 1 N–H and O–H groups in total. The molecular weight excluding hydrogens is 395 g/mol. The van der Waals surface area contributed by atoms with E-state index < -0.39 is 5.60 Å². The van der Waals surface area contributed by atoms with Crippen LogP contribution in [0.3, 0.4) is 0 Å². The molecule has 0 spiro atoms. The minimum atomic E-state index is -1.19. The molecule has 0 radical (unpaired) electrons. The van der Waals surface area contributed by atoms with Crippen molar-refractivity contribution in [2.24, 2.45) is 5.92 Å². The Balaban J connectivity index is 1.99. The van der Waals surface area contributed by atoms with Crippen LogP contribution in [0, 0.1) is 11.7 Å². The number of amides is 2. The average Bonchev–Trinajstić information content (AvgIpc) is 2.74. The molecule has 2 aromatic carbocycles. The van der Waals surface area contributed by atoms with Crippen LogP contribution in [-0.2, 0) is 20.7 Å². The van der Waals surface area contributed by atoms with E-state index >= 15 is 0 Å². The quantitative estimate of drug-likeness (QED) is 0.764. The first-order chi connectivity index (χ1) is 14.7. The molecular formula is C25H31FN2O3. The lowest BCUT2D eigenvalue weighted by Crippen LogP contribution is -2.63. The summed E-state index contributed by atoms with van der Waals surface area (Å²) >= 11 is 0. The number of hydrogen-bond donors (Lipinski definition) is 1. The fourth-order valence-corrected chi connectivity index (χ4v) is 3.95. The maximum Gasteiger partial charge on any atom is 0.254 e. The van der Waals surface area contributed by atoms with Gasteiger partial charge in [-0.3, -0.25) is 9.59 Å². The second-order valence-electron chi connectivity index (χ2n) is 8.73. The van der Waals surface area contributed by atoms with Crippen molar-refractivity contribution >= 4 is 11.8 Å². The van der Waals surface area contributed by atoms with Crippen molar-refractivity contribution < 1.29 is 18.7 Å². The highest BCUT2D eigenvalue weighted by Crippen LogP contribution is 2.31. The molecule has 1 aliphatic heterocycles. The second kappa shape index (κ2) is 9.60. The number of halogens is 1. The molecule has 2 aromatic rings. The second-order valence-corrected chi connectivity index (χ2v) is 8.73. The molecule has 0 aromatic heterocycles. The maximum atomic E-state index is 13.4. The van der Waals surface area contributed by atoms with E-state index in [0.29, 0.717) is 19.6 Å². The summed E-state index contributed by atoms with van der Waals surface area (Å²) in [6, 6.07) is 14.0. The Kier molecular flexibility index (Phi) is 7.11. The lowest BCUT2D eigenvalue weighted by atomic mass is 9.87. The summed E-state index contributed by atoms with van der Waals surface area (Å²) in [6.07, 6.45) is 0.307. The molecule has 6 heteroatoms. The minimum absolute atomic E-state index is 0.0110. The minimum Gasteiger partial charge on any atom is -0.361 e. The summed E-state index contributed by atoms with van der Waals surface area (Å²) in [6.45, 7) is 8.47. The van der Waals surface area contributed by atoms with Gasteiger partial charge in [-0.25, -0.2) is 4.39 Å². The van der Waals surface area contributed by atoms with Crippen LogP contribution in [0.1, 0.15) is 33.3 Å². The largest absolute Gasteiger partial charge is 0.361 e. The van der Waals surface area contributed by atoms with Gasteiger partial charge in [0.2, 0.25) is 5.91 Å². The van der Waals surface area contributed by atoms with Gasteiger partial charge in [0.1, 0.15) is 5.82 Å². The Morgan fingerprint density at radius 1 is 1.10 bits per heavy atom. The number of ether oxygens (including phenoxy) is 1. The molecule has 1 atom stereocenters. The van der Waals surface area contributed by atoms with Crippen LogP contribution in [0.25, 0.3) is 11.1 Å². The van der Waals surface area contributed by atoms with E-state index in [1.807, 2.05) is 52.0 Å². The number of nitrogens with one attached hydrogen (secondary N) is 1. The Labute approximate surface area is 183 Å². The number of morpholine rings is 1. The van der Waals surface area contributed by atoms with E-state index in [9.17, 15) is 14.0 Å². The highest BCUT2D eigenvalue weighted by atomic mass is 19.1. The summed E-state index contributed by atoms with van der Waals surface area (Å²) in [5.41, 5.74) is 1.49. The van der Waals surface area contributed by atoms with E-state index in [4.69, 9.17) is 4.74 Å². The third-order valence-corrected chi connectivity index (χ3v) is 5.47. The van der Waals surface area contributed by atoms with Crippen LogP contribution in [0.4, 0.5) is 4.39 Å². The molecule has 1 fully saturated rings. The van der Waals surface area contributed by atoms with Crippen LogP contribution in [0.5, 0.6) is 0 Å². The van der Waals surface area contributed by atoms with Crippen molar-refractivity contribution in [1.82, 2.24) is 10.2 Å². The first-order valence-corrected chi connectivity index (χ1v) is 10.8. The SMILES string of the molecule is CC(C)NC(=O)C1(Cc2ccccc2-c2ccc(F)cc2)CN(C(=O)C(C)C)CCO1. The van der Waals surface area contributed by atoms with E-state index in [-0.39, 0.29) is 36.1 Å². The zero-order chi connectivity index (χ0) is 22.6. The maximum absolute atomic E-state index is 13.4. The monoisotopic (exact) mass is 426 g/mol. The molecule has 1 unspecified atom stereocenters. The Morgan fingerprint density at radius 2 is 1.77 bits per heavy atom. The first kappa shape index (κ1) is 22.9. The molecule has 5 nitrogen and oxygen atoms in total. The molecule has 2 amide bonds. The highest BCUT2D eigenvalue weighted by Gasteiger charge is 2.45. The van der Waals surface area contributed by atoms with E-state index in [1.165, 1.54) is 12.1 Å². The Hall–Kier alpha value is -2.73. The van der Waals surface area contributed by atoms with Crippen LogP contribution in [0.2, 0.25) is 0 Å². The van der Waals surface area contributed by atoms with Crippen molar-refractivity contribution in [3.63, 3.8) is 0 Å². The average molecular weight is 427 g/mol. The van der Waals surface area contributed by atoms with Gasteiger partial charge in [-0.15, -0.1) is 0 Å². The fraction of sp³-hybridized carbons (Fsp3) is 0.440. The van der Waals surface area contributed by atoms with Gasteiger partial charge in [0.15, 0.2) is 5.60 Å². The van der Waals surface area contributed by atoms with Crippen LogP contribution in [-0.4, -0.2) is 48.1 Å². The van der Waals surface area contributed by atoms with Gasteiger partial charge in [0.05, 0.1) is 13.2 Å². The molecule has 1 aliphatic rings. The topological polar surface area (TPSA) is 58.6 Å². The van der Waals surface area contributed by atoms with Gasteiger partial charge in [0.25, 0.3) is 5.91 Å². The van der Waals surface area contributed by atoms with Gasteiger partial charge >= 0.3 is 0 Å². The summed E-state index contributed by atoms with van der Waals surface area (Å²) in [5, 5.41) is 2.98. The number of rotatable bonds is 6. The van der Waals surface area contributed by atoms with Crippen molar-refractivity contribution in [2.75, 3.05) is 19.7 Å². The van der Waals surface area contributed by atoms with Crippen LogP contribution >= 0.6 is 0 Å². The van der Waals surface area contributed by atoms with Gasteiger partial charge in [-0.1, -0.05) is 50.2 Å². The summed E-state index contributed by atoms with van der Waals surface area (Å²) in [4.78, 5) is 27.8. The van der Waals surface area contributed by atoms with Crippen LogP contribution < -0.4 is 5.32 Å². The number of benzene rings is 2. The summed E-state index contributed by atoms with van der Waals surface area (Å²) in [7, 11) is 0. The molecule has 1 saturated heterocycles. The van der Waals surface area contributed by atoms with Crippen molar-refractivity contribution in [2.45, 2.75) is 45.8 Å². The molecule has 166 valence electrons. The smallest absolute Gasteiger partial charge is 0.254 e. The van der Waals surface area contributed by atoms with E-state index in [0.717, 1.165) is 16.7 Å². The normalized spacial score (nSPS) is 19.0. The Morgan fingerprint density at radius 3 is 2.42 bits per heavy atom. The van der Waals surface area contributed by atoms with Gasteiger partial charge < -0.3 is 15.0 Å². The van der Waals surface area contributed by atoms with Crippen LogP contribution in [0.15, 0.2) is 48.5 Å². The third-order valence-electron chi connectivity index (χ3n) is 5.47. The molecule has 0 saturated carbocycles. The zero-order valence-corrected chi connectivity index (χ0v) is 18.7. The summed E-state index contributed by atoms with van der Waals surface area (Å²) < 4.78 is 19.6. The van der Waals surface area contributed by atoms with Gasteiger partial charge in [-0.05, 0) is 42.7 Å². The lowest BCUT2D eigenvalue weighted by molar-refractivity contribution is -0.167. The lowest BCUT2D eigenvalue weighted by Gasteiger charge is -2.42. The number of hydrogen-bond acceptors (Lipinski definition) is 3. The molecule has 31 heavy (non-hydrogen) atoms. The molecule has 0 aliphatic carbocycles. The fourth-order valence-electron chi connectivity index (χ4n) is 3.95. The van der Waals surface area contributed by atoms with Crippen molar-refractivity contribution in [3.05, 3.63) is 59.9 Å². The molecule has 3 rings (SSSR count). The van der Waals surface area contributed by atoms with Crippen molar-refractivity contribution in [3.8, 4) is 11.1 Å². The predicted molar refractivity (Wildman–Crippen MR) is 119 cm³/mol. The predicted octanol–water partition coefficient (Wildman–Crippen LogP) is 3.81.